The number of hydrogen-bond donors (Lipinski definition) is 1. The third-order valence-corrected chi connectivity index (χ3v) is 8.76. The van der Waals surface area contributed by atoms with Crippen LogP contribution >= 0.6 is 0 Å². The van der Waals surface area contributed by atoms with Crippen molar-refractivity contribution in [3.63, 3.8) is 0 Å². The lowest BCUT2D eigenvalue weighted by atomic mass is 10.0. The first-order chi connectivity index (χ1) is 20.8. The van der Waals surface area contributed by atoms with Gasteiger partial charge in [-0.3, -0.25) is 13.9 Å². The Morgan fingerprint density at radius 3 is 1.93 bits per heavy atom. The van der Waals surface area contributed by atoms with Crippen LogP contribution in [0.3, 0.4) is 0 Å². The summed E-state index contributed by atoms with van der Waals surface area (Å²) in [4.78, 5) is 29.7. The number of carbonyl (C=O) groups is 2. The minimum Gasteiger partial charge on any atom is -0.350 e. The number of rotatable bonds is 11. The number of amides is 2. The van der Waals surface area contributed by atoms with E-state index < -0.39 is 39.9 Å². The predicted molar refractivity (Wildman–Crippen MR) is 171 cm³/mol. The summed E-state index contributed by atoms with van der Waals surface area (Å²) in [5.41, 5.74) is 2.06. The SMILES string of the molecule is Cc1ccc(N(CC(=O)N(Cc2ccc(F)cc2)[C@H](Cc2ccccc2)C(=O)NC(C)(C)C)S(=O)(=O)c2ccccc2)cc1. The second-order valence-electron chi connectivity index (χ2n) is 11.8. The van der Waals surface area contributed by atoms with Crippen molar-refractivity contribution < 1.29 is 22.4 Å². The summed E-state index contributed by atoms with van der Waals surface area (Å²) in [6.45, 7) is 6.83. The van der Waals surface area contributed by atoms with Crippen LogP contribution in [0.1, 0.15) is 37.5 Å². The largest absolute Gasteiger partial charge is 0.350 e. The number of nitrogens with zero attached hydrogens (tertiary/aromatic N) is 2. The molecule has 4 rings (SSSR count). The highest BCUT2D eigenvalue weighted by Gasteiger charge is 2.35. The molecule has 0 unspecified atom stereocenters. The zero-order chi connectivity index (χ0) is 31.9. The van der Waals surface area contributed by atoms with Crippen molar-refractivity contribution in [2.75, 3.05) is 10.8 Å². The van der Waals surface area contributed by atoms with Gasteiger partial charge in [0.05, 0.1) is 10.6 Å². The van der Waals surface area contributed by atoms with Crippen molar-refractivity contribution in [3.8, 4) is 0 Å². The first-order valence-corrected chi connectivity index (χ1v) is 15.8. The maximum Gasteiger partial charge on any atom is 0.264 e. The molecular formula is C35H38FN3O4S. The summed E-state index contributed by atoms with van der Waals surface area (Å²) >= 11 is 0. The van der Waals surface area contributed by atoms with E-state index in [4.69, 9.17) is 0 Å². The van der Waals surface area contributed by atoms with E-state index in [0.717, 1.165) is 15.4 Å². The molecule has 0 saturated heterocycles. The van der Waals surface area contributed by atoms with Gasteiger partial charge < -0.3 is 10.2 Å². The molecule has 2 amide bonds. The number of sulfonamides is 1. The molecule has 0 radical (unpaired) electrons. The van der Waals surface area contributed by atoms with Gasteiger partial charge in [0.1, 0.15) is 18.4 Å². The standard InChI is InChI=1S/C35H38FN3O4S/c1-26-15-21-30(22-16-26)39(44(42,43)31-13-9-6-10-14-31)25-33(40)38(24-28-17-19-29(36)20-18-28)32(34(41)37-35(2,3)4)23-27-11-7-5-8-12-27/h5-22,32H,23-25H2,1-4H3,(H,37,41)/t32-/m1/s1. The Hall–Kier alpha value is -4.50. The van der Waals surface area contributed by atoms with E-state index >= 15 is 0 Å². The fourth-order valence-electron chi connectivity index (χ4n) is 4.75. The fraction of sp³-hybridized carbons (Fsp3) is 0.257. The Labute approximate surface area is 259 Å². The lowest BCUT2D eigenvalue weighted by Crippen LogP contribution is -2.56. The summed E-state index contributed by atoms with van der Waals surface area (Å²) in [6.07, 6.45) is 0.186. The molecule has 0 aliphatic rings. The summed E-state index contributed by atoms with van der Waals surface area (Å²) < 4.78 is 42.9. The molecule has 44 heavy (non-hydrogen) atoms. The zero-order valence-electron chi connectivity index (χ0n) is 25.4. The van der Waals surface area contributed by atoms with Gasteiger partial charge in [-0.15, -0.1) is 0 Å². The third kappa shape index (κ3) is 8.54. The van der Waals surface area contributed by atoms with Gasteiger partial charge in [-0.25, -0.2) is 12.8 Å². The van der Waals surface area contributed by atoms with E-state index in [1.165, 1.54) is 29.2 Å². The normalized spacial score (nSPS) is 12.3. The van der Waals surface area contributed by atoms with E-state index in [1.807, 2.05) is 58.0 Å². The number of anilines is 1. The van der Waals surface area contributed by atoms with Crippen LogP contribution in [0.5, 0.6) is 0 Å². The van der Waals surface area contributed by atoms with Crippen molar-refractivity contribution in [2.24, 2.45) is 0 Å². The van der Waals surface area contributed by atoms with Gasteiger partial charge in [-0.2, -0.15) is 0 Å². The van der Waals surface area contributed by atoms with Gasteiger partial charge >= 0.3 is 0 Å². The highest BCUT2D eigenvalue weighted by molar-refractivity contribution is 7.92. The van der Waals surface area contributed by atoms with Crippen LogP contribution in [0.4, 0.5) is 10.1 Å². The van der Waals surface area contributed by atoms with E-state index in [9.17, 15) is 22.4 Å². The Bertz CT molecular complexity index is 1660. The number of benzene rings is 4. The van der Waals surface area contributed by atoms with Gasteiger partial charge in [-0.1, -0.05) is 78.4 Å². The number of aryl methyl sites for hydroxylation is 1. The van der Waals surface area contributed by atoms with E-state index in [0.29, 0.717) is 11.3 Å². The molecule has 0 aromatic heterocycles. The Morgan fingerprint density at radius 1 is 0.795 bits per heavy atom. The molecule has 1 N–H and O–H groups in total. The van der Waals surface area contributed by atoms with Crippen molar-refractivity contribution in [3.05, 3.63) is 132 Å². The Morgan fingerprint density at radius 2 is 1.36 bits per heavy atom. The monoisotopic (exact) mass is 615 g/mol. The summed E-state index contributed by atoms with van der Waals surface area (Å²) in [6, 6.07) is 28.8. The minimum absolute atomic E-state index is 0.0322. The molecule has 0 aliphatic carbocycles. The molecule has 1 atom stereocenters. The summed E-state index contributed by atoms with van der Waals surface area (Å²) in [7, 11) is -4.17. The minimum atomic E-state index is -4.17. The zero-order valence-corrected chi connectivity index (χ0v) is 26.2. The molecule has 7 nitrogen and oxygen atoms in total. The van der Waals surface area contributed by atoms with Crippen LogP contribution in [0, 0.1) is 12.7 Å². The molecule has 0 spiro atoms. The summed E-state index contributed by atoms with van der Waals surface area (Å²) in [5, 5.41) is 2.99. The van der Waals surface area contributed by atoms with Crippen LogP contribution in [-0.4, -0.2) is 43.3 Å². The number of carbonyl (C=O) groups excluding carboxylic acids is 2. The van der Waals surface area contributed by atoms with Crippen LogP contribution < -0.4 is 9.62 Å². The van der Waals surface area contributed by atoms with Gasteiger partial charge in [-0.05, 0) is 75.2 Å². The number of halogens is 1. The number of nitrogens with one attached hydrogen (secondary N) is 1. The van der Waals surface area contributed by atoms with E-state index in [2.05, 4.69) is 5.32 Å². The predicted octanol–water partition coefficient (Wildman–Crippen LogP) is 5.88. The highest BCUT2D eigenvalue weighted by Crippen LogP contribution is 2.25. The molecule has 0 heterocycles. The molecule has 9 heteroatoms. The van der Waals surface area contributed by atoms with Gasteiger partial charge in [0, 0.05) is 18.5 Å². The molecule has 0 bridgehead atoms. The van der Waals surface area contributed by atoms with Crippen molar-refractivity contribution in [1.82, 2.24) is 10.2 Å². The van der Waals surface area contributed by atoms with Crippen molar-refractivity contribution >= 4 is 27.5 Å². The smallest absolute Gasteiger partial charge is 0.264 e. The van der Waals surface area contributed by atoms with Crippen LogP contribution in [-0.2, 0) is 32.6 Å². The van der Waals surface area contributed by atoms with Crippen LogP contribution in [0.2, 0.25) is 0 Å². The van der Waals surface area contributed by atoms with Gasteiger partial charge in [0.25, 0.3) is 10.0 Å². The molecular weight excluding hydrogens is 577 g/mol. The first kappa shape index (κ1) is 32.4. The molecule has 0 fully saturated rings. The molecule has 4 aromatic rings. The number of hydrogen-bond acceptors (Lipinski definition) is 4. The van der Waals surface area contributed by atoms with Crippen molar-refractivity contribution in [2.45, 2.75) is 57.1 Å². The first-order valence-electron chi connectivity index (χ1n) is 14.4. The fourth-order valence-corrected chi connectivity index (χ4v) is 6.19. The van der Waals surface area contributed by atoms with E-state index in [-0.39, 0.29) is 23.8 Å². The molecule has 4 aromatic carbocycles. The van der Waals surface area contributed by atoms with Gasteiger partial charge in [0.2, 0.25) is 11.8 Å². The van der Waals surface area contributed by atoms with Crippen LogP contribution in [0.25, 0.3) is 0 Å². The Kier molecular flexibility index (Phi) is 10.2. The average molecular weight is 616 g/mol. The lowest BCUT2D eigenvalue weighted by Gasteiger charge is -2.35. The van der Waals surface area contributed by atoms with Crippen LogP contribution in [0.15, 0.2) is 114 Å². The molecule has 230 valence electrons. The average Bonchev–Trinajstić information content (AvgIpc) is 2.99. The topological polar surface area (TPSA) is 86.8 Å². The maximum absolute atomic E-state index is 14.4. The second kappa shape index (κ2) is 13.9. The lowest BCUT2D eigenvalue weighted by molar-refractivity contribution is -0.140. The Balaban J connectivity index is 1.80. The molecule has 0 saturated carbocycles. The second-order valence-corrected chi connectivity index (χ2v) is 13.6. The summed E-state index contributed by atoms with van der Waals surface area (Å²) in [5.74, 6) is -1.40. The third-order valence-electron chi connectivity index (χ3n) is 6.97. The molecule has 0 aliphatic heterocycles. The van der Waals surface area contributed by atoms with Crippen molar-refractivity contribution in [1.29, 1.82) is 0 Å². The quantitative estimate of drug-likeness (QED) is 0.228. The van der Waals surface area contributed by atoms with Gasteiger partial charge in [0.15, 0.2) is 0 Å². The van der Waals surface area contributed by atoms with E-state index in [1.54, 1.807) is 54.6 Å². The highest BCUT2D eigenvalue weighted by atomic mass is 32.2. The maximum atomic E-state index is 14.4.